The van der Waals surface area contributed by atoms with Crippen molar-refractivity contribution in [1.29, 1.82) is 0 Å². The van der Waals surface area contributed by atoms with Gasteiger partial charge in [-0.3, -0.25) is 4.98 Å². The molecule has 0 aliphatic heterocycles. The number of hydrogen-bond acceptors (Lipinski definition) is 4. The molecule has 3 aromatic heterocycles. The lowest BCUT2D eigenvalue weighted by Crippen LogP contribution is -2.02. The molecule has 0 unspecified atom stereocenters. The highest BCUT2D eigenvalue weighted by Crippen LogP contribution is 2.24. The summed E-state index contributed by atoms with van der Waals surface area (Å²) >= 11 is 1.78. The van der Waals surface area contributed by atoms with E-state index in [-0.39, 0.29) is 0 Å². The normalized spacial score (nSPS) is 10.7. The molecule has 0 radical (unpaired) electrons. The summed E-state index contributed by atoms with van der Waals surface area (Å²) in [4.78, 5) is 9.73. The molecule has 0 bridgehead atoms. The Bertz CT molecular complexity index is 658. The van der Waals surface area contributed by atoms with Gasteiger partial charge in [0, 0.05) is 35.1 Å². The van der Waals surface area contributed by atoms with E-state index >= 15 is 0 Å². The van der Waals surface area contributed by atoms with Crippen LogP contribution < -0.4 is 5.73 Å². The maximum atomic E-state index is 5.99. The second-order valence-corrected chi connectivity index (χ2v) is 5.30. The number of imidazole rings is 1. The van der Waals surface area contributed by atoms with E-state index in [0.717, 1.165) is 29.9 Å². The molecule has 0 fully saturated rings. The molecule has 4 nitrogen and oxygen atoms in total. The number of aryl methyl sites for hydroxylation is 2. The van der Waals surface area contributed by atoms with Crippen molar-refractivity contribution < 1.29 is 0 Å². The van der Waals surface area contributed by atoms with Crippen molar-refractivity contribution in [3.8, 4) is 11.3 Å². The summed E-state index contributed by atoms with van der Waals surface area (Å²) in [6.07, 6.45) is 8.16. The standard InChI is InChI=1S/C14H14N4S/c15-13-3-5-16-8-12(13)14-9-17-10-18(14)6-4-11-2-1-7-19-11/h1-3,5,7-10H,4,6H2,(H2,15,16). The number of aromatic nitrogens is 3. The maximum absolute atomic E-state index is 5.99. The molecule has 3 aromatic rings. The van der Waals surface area contributed by atoms with E-state index in [1.165, 1.54) is 4.88 Å². The molecule has 2 N–H and O–H groups in total. The Labute approximate surface area is 115 Å². The van der Waals surface area contributed by atoms with Crippen LogP contribution in [0.25, 0.3) is 11.3 Å². The Kier molecular flexibility index (Phi) is 3.29. The molecular weight excluding hydrogens is 256 g/mol. The second kappa shape index (κ2) is 5.24. The quantitative estimate of drug-likeness (QED) is 0.793. The smallest absolute Gasteiger partial charge is 0.0951 e. The number of anilines is 1. The lowest BCUT2D eigenvalue weighted by molar-refractivity contribution is 0.707. The molecule has 0 aliphatic rings. The highest BCUT2D eigenvalue weighted by atomic mass is 32.1. The number of nitrogens with zero attached hydrogens (tertiary/aromatic N) is 3. The van der Waals surface area contributed by atoms with E-state index in [9.17, 15) is 0 Å². The fourth-order valence-electron chi connectivity index (χ4n) is 2.03. The molecule has 96 valence electrons. The minimum Gasteiger partial charge on any atom is -0.398 e. The fraction of sp³-hybridized carbons (Fsp3) is 0.143. The first-order chi connectivity index (χ1) is 9.34. The average Bonchev–Trinajstić information content (AvgIpc) is 3.08. The number of hydrogen-bond donors (Lipinski definition) is 1. The third-order valence-electron chi connectivity index (χ3n) is 3.02. The van der Waals surface area contributed by atoms with Crippen LogP contribution in [-0.2, 0) is 13.0 Å². The van der Waals surface area contributed by atoms with Crippen molar-refractivity contribution in [2.45, 2.75) is 13.0 Å². The average molecular weight is 270 g/mol. The van der Waals surface area contributed by atoms with Gasteiger partial charge in [0.25, 0.3) is 0 Å². The lowest BCUT2D eigenvalue weighted by Gasteiger charge is -2.09. The van der Waals surface area contributed by atoms with Crippen LogP contribution in [-0.4, -0.2) is 14.5 Å². The Hall–Kier alpha value is -2.14. The third-order valence-corrected chi connectivity index (χ3v) is 3.96. The molecule has 0 amide bonds. The monoisotopic (exact) mass is 270 g/mol. The number of rotatable bonds is 4. The zero-order valence-electron chi connectivity index (χ0n) is 10.4. The highest BCUT2D eigenvalue weighted by Gasteiger charge is 2.08. The summed E-state index contributed by atoms with van der Waals surface area (Å²) in [5.41, 5.74) is 8.67. The highest BCUT2D eigenvalue weighted by molar-refractivity contribution is 7.09. The molecule has 0 saturated heterocycles. The van der Waals surface area contributed by atoms with Crippen molar-refractivity contribution in [3.05, 3.63) is 53.4 Å². The van der Waals surface area contributed by atoms with Crippen LogP contribution in [0, 0.1) is 0 Å². The van der Waals surface area contributed by atoms with Crippen LogP contribution in [0.1, 0.15) is 4.88 Å². The first-order valence-corrected chi connectivity index (χ1v) is 6.95. The molecular formula is C14H14N4S. The maximum Gasteiger partial charge on any atom is 0.0951 e. The fourth-order valence-corrected chi connectivity index (χ4v) is 2.73. The minimum atomic E-state index is 0.730. The Morgan fingerprint density at radius 3 is 2.95 bits per heavy atom. The van der Waals surface area contributed by atoms with Crippen LogP contribution >= 0.6 is 11.3 Å². The van der Waals surface area contributed by atoms with Crippen LogP contribution in [0.5, 0.6) is 0 Å². The summed E-state index contributed by atoms with van der Waals surface area (Å²) in [7, 11) is 0. The van der Waals surface area contributed by atoms with Gasteiger partial charge in [-0.05, 0) is 23.9 Å². The Morgan fingerprint density at radius 2 is 2.16 bits per heavy atom. The third kappa shape index (κ3) is 2.51. The van der Waals surface area contributed by atoms with Gasteiger partial charge in [-0.25, -0.2) is 4.98 Å². The van der Waals surface area contributed by atoms with Gasteiger partial charge in [0.15, 0.2) is 0 Å². The van der Waals surface area contributed by atoms with Crippen molar-refractivity contribution in [1.82, 2.24) is 14.5 Å². The number of thiophene rings is 1. The number of pyridine rings is 1. The van der Waals surface area contributed by atoms with E-state index in [4.69, 9.17) is 5.73 Å². The summed E-state index contributed by atoms with van der Waals surface area (Å²) in [6, 6.07) is 6.04. The lowest BCUT2D eigenvalue weighted by atomic mass is 10.2. The molecule has 3 rings (SSSR count). The first-order valence-electron chi connectivity index (χ1n) is 6.07. The molecule has 0 aliphatic carbocycles. The summed E-state index contributed by atoms with van der Waals surface area (Å²) in [5.74, 6) is 0. The molecule has 0 atom stereocenters. The van der Waals surface area contributed by atoms with E-state index in [2.05, 4.69) is 32.0 Å². The summed E-state index contributed by atoms with van der Waals surface area (Å²) < 4.78 is 2.12. The van der Waals surface area contributed by atoms with E-state index in [0.29, 0.717) is 0 Å². The largest absolute Gasteiger partial charge is 0.398 e. The van der Waals surface area contributed by atoms with E-state index in [1.807, 2.05) is 18.6 Å². The SMILES string of the molecule is Nc1ccncc1-c1cncn1CCc1cccs1. The van der Waals surface area contributed by atoms with Gasteiger partial charge in [-0.2, -0.15) is 0 Å². The molecule has 19 heavy (non-hydrogen) atoms. The molecule has 0 aromatic carbocycles. The van der Waals surface area contributed by atoms with Gasteiger partial charge in [-0.15, -0.1) is 11.3 Å². The van der Waals surface area contributed by atoms with E-state index < -0.39 is 0 Å². The molecule has 5 heteroatoms. The van der Waals surface area contributed by atoms with Gasteiger partial charge in [-0.1, -0.05) is 6.07 Å². The van der Waals surface area contributed by atoms with Gasteiger partial charge in [0.1, 0.15) is 0 Å². The molecule has 0 spiro atoms. The molecule has 0 saturated carbocycles. The number of nitrogens with two attached hydrogens (primary N) is 1. The predicted octanol–water partition coefficient (Wildman–Crippen LogP) is 2.83. The number of nitrogen functional groups attached to an aromatic ring is 1. The summed E-state index contributed by atoms with van der Waals surface area (Å²) in [5, 5.41) is 2.10. The zero-order valence-corrected chi connectivity index (χ0v) is 11.2. The van der Waals surface area contributed by atoms with Gasteiger partial charge in [0.2, 0.25) is 0 Å². The Balaban J connectivity index is 1.84. The van der Waals surface area contributed by atoms with Crippen LogP contribution in [0.15, 0.2) is 48.5 Å². The van der Waals surface area contributed by atoms with E-state index in [1.54, 1.807) is 23.7 Å². The predicted molar refractivity (Wildman–Crippen MR) is 77.9 cm³/mol. The Morgan fingerprint density at radius 1 is 1.21 bits per heavy atom. The topological polar surface area (TPSA) is 56.7 Å². The van der Waals surface area contributed by atoms with Crippen molar-refractivity contribution >= 4 is 17.0 Å². The first kappa shape index (κ1) is 11.9. The van der Waals surface area contributed by atoms with Gasteiger partial charge in [0.05, 0.1) is 18.2 Å². The van der Waals surface area contributed by atoms with Crippen molar-refractivity contribution in [3.63, 3.8) is 0 Å². The van der Waals surface area contributed by atoms with Gasteiger partial charge < -0.3 is 10.3 Å². The van der Waals surface area contributed by atoms with Crippen LogP contribution in [0.4, 0.5) is 5.69 Å². The van der Waals surface area contributed by atoms with Gasteiger partial charge >= 0.3 is 0 Å². The van der Waals surface area contributed by atoms with Crippen LogP contribution in [0.2, 0.25) is 0 Å². The molecule has 3 heterocycles. The van der Waals surface area contributed by atoms with Crippen molar-refractivity contribution in [2.24, 2.45) is 0 Å². The zero-order chi connectivity index (χ0) is 13.1. The van der Waals surface area contributed by atoms with Crippen molar-refractivity contribution in [2.75, 3.05) is 5.73 Å². The van der Waals surface area contributed by atoms with Crippen LogP contribution in [0.3, 0.4) is 0 Å². The minimum absolute atomic E-state index is 0.730. The second-order valence-electron chi connectivity index (χ2n) is 4.26. The summed E-state index contributed by atoms with van der Waals surface area (Å²) in [6.45, 7) is 0.893.